The number of piperidine rings is 2. The summed E-state index contributed by atoms with van der Waals surface area (Å²) in [5.41, 5.74) is 0. The molecule has 2 nitrogen and oxygen atoms in total. The highest BCUT2D eigenvalue weighted by atomic mass is 32.1. The molecule has 3 heterocycles. The molecule has 3 rings (SSSR count). The zero-order valence-corrected chi connectivity index (χ0v) is 13.0. The number of hydrogen-bond acceptors (Lipinski definition) is 3. The number of alkyl halides is 1. The van der Waals surface area contributed by atoms with Crippen LogP contribution in [0.5, 0.6) is 0 Å². The summed E-state index contributed by atoms with van der Waals surface area (Å²) >= 11 is 1.94. The van der Waals surface area contributed by atoms with Gasteiger partial charge < -0.3 is 0 Å². The Bertz CT molecular complexity index is 406. The summed E-state index contributed by atoms with van der Waals surface area (Å²) in [5.74, 6) is 0. The lowest BCUT2D eigenvalue weighted by Crippen LogP contribution is -2.33. The van der Waals surface area contributed by atoms with Gasteiger partial charge in [0.05, 0.1) is 0 Å². The average Bonchev–Trinajstić information content (AvgIpc) is 2.90. The number of hydrogen-bond donors (Lipinski definition) is 0. The number of nitrogens with zero attached hydrogens (tertiary/aromatic N) is 2. The molecule has 2 aliphatic heterocycles. The van der Waals surface area contributed by atoms with Crippen LogP contribution in [-0.4, -0.2) is 42.2 Å². The second-order valence-electron chi connectivity index (χ2n) is 6.16. The second kappa shape index (κ2) is 7.01. The van der Waals surface area contributed by atoms with E-state index in [0.717, 1.165) is 26.2 Å². The average molecular weight is 296 g/mol. The topological polar surface area (TPSA) is 6.48 Å². The van der Waals surface area contributed by atoms with Gasteiger partial charge in [0, 0.05) is 35.9 Å². The van der Waals surface area contributed by atoms with Gasteiger partial charge in [-0.25, -0.2) is 4.39 Å². The first-order valence-electron chi connectivity index (χ1n) is 7.96. The van der Waals surface area contributed by atoms with Gasteiger partial charge in [0.2, 0.25) is 0 Å². The van der Waals surface area contributed by atoms with Crippen LogP contribution in [0.2, 0.25) is 0 Å². The molecule has 1 aromatic heterocycles. The van der Waals surface area contributed by atoms with E-state index in [1.54, 1.807) is 0 Å². The van der Waals surface area contributed by atoms with Crippen molar-refractivity contribution in [3.05, 3.63) is 21.9 Å². The molecule has 112 valence electrons. The van der Waals surface area contributed by atoms with Crippen molar-refractivity contribution in [3.8, 4) is 0 Å². The monoisotopic (exact) mass is 296 g/mol. The largest absolute Gasteiger partial charge is 0.298 e. The summed E-state index contributed by atoms with van der Waals surface area (Å²) in [6.45, 7) is 6.49. The lowest BCUT2D eigenvalue weighted by Gasteiger charge is -2.28. The fourth-order valence-electron chi connectivity index (χ4n) is 3.21. The van der Waals surface area contributed by atoms with Crippen molar-refractivity contribution in [1.29, 1.82) is 0 Å². The maximum atomic E-state index is 13.1. The third kappa shape index (κ3) is 4.03. The first kappa shape index (κ1) is 14.5. The summed E-state index contributed by atoms with van der Waals surface area (Å²) < 4.78 is 13.1. The molecule has 0 aliphatic carbocycles. The van der Waals surface area contributed by atoms with Crippen molar-refractivity contribution in [2.75, 3.05) is 26.2 Å². The summed E-state index contributed by atoms with van der Waals surface area (Å²) in [5, 5.41) is 0. The lowest BCUT2D eigenvalue weighted by molar-refractivity contribution is 0.146. The molecule has 0 radical (unpaired) electrons. The van der Waals surface area contributed by atoms with Gasteiger partial charge in [-0.1, -0.05) is 6.42 Å². The summed E-state index contributed by atoms with van der Waals surface area (Å²) in [4.78, 5) is 7.90. The molecule has 0 amide bonds. The summed E-state index contributed by atoms with van der Waals surface area (Å²) in [6, 6.07) is 4.56. The van der Waals surface area contributed by atoms with E-state index in [-0.39, 0.29) is 0 Å². The molecule has 1 aromatic rings. The van der Waals surface area contributed by atoms with Crippen molar-refractivity contribution in [2.24, 2.45) is 0 Å². The van der Waals surface area contributed by atoms with Crippen LogP contribution in [0.4, 0.5) is 4.39 Å². The smallest absolute Gasteiger partial charge is 0.103 e. The minimum absolute atomic E-state index is 0.566. The molecule has 0 unspecified atom stereocenters. The number of rotatable bonds is 4. The van der Waals surface area contributed by atoms with E-state index in [2.05, 4.69) is 21.9 Å². The maximum absolute atomic E-state index is 13.1. The Balaban J connectivity index is 1.48. The van der Waals surface area contributed by atoms with Gasteiger partial charge in [-0.2, -0.15) is 0 Å². The summed E-state index contributed by atoms with van der Waals surface area (Å²) in [6.07, 6.45) is 4.98. The van der Waals surface area contributed by atoms with E-state index in [0.29, 0.717) is 12.8 Å². The fourth-order valence-corrected chi connectivity index (χ4v) is 4.31. The van der Waals surface area contributed by atoms with Crippen molar-refractivity contribution >= 4 is 11.3 Å². The first-order valence-corrected chi connectivity index (χ1v) is 8.77. The van der Waals surface area contributed by atoms with Gasteiger partial charge >= 0.3 is 0 Å². The number of thiophene rings is 1. The van der Waals surface area contributed by atoms with Crippen LogP contribution in [0, 0.1) is 0 Å². The number of likely N-dealkylation sites (tertiary alicyclic amines) is 2. The highest BCUT2D eigenvalue weighted by Crippen LogP contribution is 2.23. The molecule has 4 heteroatoms. The lowest BCUT2D eigenvalue weighted by atomic mass is 10.1. The highest BCUT2D eigenvalue weighted by Gasteiger charge is 2.19. The zero-order chi connectivity index (χ0) is 13.8. The molecule has 2 fully saturated rings. The first-order chi connectivity index (χ1) is 9.79. The minimum atomic E-state index is -0.566. The molecule has 0 saturated carbocycles. The third-order valence-electron chi connectivity index (χ3n) is 4.44. The van der Waals surface area contributed by atoms with Gasteiger partial charge in [0.1, 0.15) is 6.17 Å². The predicted octanol–water partition coefficient (Wildman–Crippen LogP) is 3.67. The summed E-state index contributed by atoms with van der Waals surface area (Å²) in [7, 11) is 0. The maximum Gasteiger partial charge on any atom is 0.103 e. The molecule has 0 spiro atoms. The van der Waals surface area contributed by atoms with E-state index < -0.39 is 6.17 Å². The predicted molar refractivity (Wildman–Crippen MR) is 82.9 cm³/mol. The highest BCUT2D eigenvalue weighted by molar-refractivity contribution is 7.11. The molecule has 20 heavy (non-hydrogen) atoms. The Morgan fingerprint density at radius 3 is 2.05 bits per heavy atom. The molecule has 0 bridgehead atoms. The SMILES string of the molecule is FC1CCN(Cc2ccc(CN3CCCCC3)s2)CC1. The quantitative estimate of drug-likeness (QED) is 0.836. The molecule has 0 aromatic carbocycles. The van der Waals surface area contributed by atoms with Crippen LogP contribution in [0.3, 0.4) is 0 Å². The molecular weight excluding hydrogens is 271 g/mol. The van der Waals surface area contributed by atoms with Gasteiger partial charge in [-0.15, -0.1) is 11.3 Å². The van der Waals surface area contributed by atoms with Crippen LogP contribution in [-0.2, 0) is 13.1 Å². The second-order valence-corrected chi connectivity index (χ2v) is 7.41. The van der Waals surface area contributed by atoms with Crippen molar-refractivity contribution < 1.29 is 4.39 Å². The number of halogens is 1. The van der Waals surface area contributed by atoms with E-state index in [1.165, 1.54) is 42.1 Å². The van der Waals surface area contributed by atoms with Gasteiger partial charge in [0.25, 0.3) is 0 Å². The molecule has 2 saturated heterocycles. The van der Waals surface area contributed by atoms with Crippen LogP contribution < -0.4 is 0 Å². The Morgan fingerprint density at radius 2 is 1.45 bits per heavy atom. The van der Waals surface area contributed by atoms with Gasteiger partial charge in [0.15, 0.2) is 0 Å². The Morgan fingerprint density at radius 1 is 0.900 bits per heavy atom. The van der Waals surface area contributed by atoms with Crippen LogP contribution >= 0.6 is 11.3 Å². The molecule has 0 N–H and O–H groups in total. The van der Waals surface area contributed by atoms with Gasteiger partial charge in [-0.3, -0.25) is 9.80 Å². The van der Waals surface area contributed by atoms with Crippen LogP contribution in [0.1, 0.15) is 41.9 Å². The van der Waals surface area contributed by atoms with E-state index >= 15 is 0 Å². The Hall–Kier alpha value is -0.450. The van der Waals surface area contributed by atoms with E-state index in [1.807, 2.05) is 11.3 Å². The minimum Gasteiger partial charge on any atom is -0.298 e. The molecule has 2 aliphatic rings. The Kier molecular flexibility index (Phi) is 5.08. The van der Waals surface area contributed by atoms with E-state index in [9.17, 15) is 4.39 Å². The van der Waals surface area contributed by atoms with Crippen molar-refractivity contribution in [1.82, 2.24) is 9.80 Å². The van der Waals surface area contributed by atoms with Gasteiger partial charge in [-0.05, 0) is 50.9 Å². The Labute approximate surface area is 125 Å². The standard InChI is InChI=1S/C16H25FN2S/c17-14-6-10-19(11-7-14)13-16-5-4-15(20-16)12-18-8-2-1-3-9-18/h4-5,14H,1-3,6-13H2. The van der Waals surface area contributed by atoms with E-state index in [4.69, 9.17) is 0 Å². The van der Waals surface area contributed by atoms with Crippen LogP contribution in [0.15, 0.2) is 12.1 Å². The fraction of sp³-hybridized carbons (Fsp3) is 0.750. The third-order valence-corrected chi connectivity index (χ3v) is 5.50. The molecular formula is C16H25FN2S. The van der Waals surface area contributed by atoms with Crippen molar-refractivity contribution in [3.63, 3.8) is 0 Å². The van der Waals surface area contributed by atoms with Crippen LogP contribution in [0.25, 0.3) is 0 Å². The zero-order valence-electron chi connectivity index (χ0n) is 12.2. The molecule has 0 atom stereocenters. The normalized spacial score (nSPS) is 23.2. The van der Waals surface area contributed by atoms with Crippen molar-refractivity contribution in [2.45, 2.75) is 51.4 Å².